The summed E-state index contributed by atoms with van der Waals surface area (Å²) in [5.74, 6) is -0.292. The normalized spacial score (nSPS) is 23.5. The van der Waals surface area contributed by atoms with E-state index in [4.69, 9.17) is 5.73 Å². The third-order valence-electron chi connectivity index (χ3n) is 2.24. The molecule has 3 nitrogen and oxygen atoms in total. The van der Waals surface area contributed by atoms with Gasteiger partial charge in [-0.1, -0.05) is 6.92 Å². The summed E-state index contributed by atoms with van der Waals surface area (Å²) in [5.41, 5.74) is 5.63. The first-order valence-corrected chi connectivity index (χ1v) is 3.43. The van der Waals surface area contributed by atoms with Crippen molar-refractivity contribution in [2.45, 2.75) is 25.8 Å². The van der Waals surface area contributed by atoms with Crippen molar-refractivity contribution < 1.29 is 9.53 Å². The van der Waals surface area contributed by atoms with Crippen molar-refractivity contribution in [2.24, 2.45) is 11.1 Å². The number of nitrogens with two attached hydrogens (primary N) is 1. The van der Waals surface area contributed by atoms with Crippen molar-refractivity contribution in [1.82, 2.24) is 0 Å². The molecule has 0 heterocycles. The molecule has 58 valence electrons. The van der Waals surface area contributed by atoms with Gasteiger partial charge in [-0.15, -0.1) is 0 Å². The second kappa shape index (κ2) is 2.23. The summed E-state index contributed by atoms with van der Waals surface area (Å²) in [6.45, 7) is 2.01. The zero-order chi connectivity index (χ0) is 7.78. The number of hydrogen-bond acceptors (Lipinski definition) is 3. The van der Waals surface area contributed by atoms with Gasteiger partial charge in [0.2, 0.25) is 0 Å². The maximum atomic E-state index is 10.9. The first-order chi connectivity index (χ1) is 4.60. The Morgan fingerprint density at radius 2 is 2.20 bits per heavy atom. The van der Waals surface area contributed by atoms with E-state index in [0.29, 0.717) is 0 Å². The molecule has 2 N–H and O–H groups in total. The average Bonchev–Trinajstić information content (AvgIpc) is 2.66. The number of methoxy groups -OCH3 is 1. The Bertz CT molecular complexity index is 152. The molecule has 0 saturated heterocycles. The fraction of sp³-hybridized carbons (Fsp3) is 0.857. The highest BCUT2D eigenvalue weighted by atomic mass is 16.5. The fourth-order valence-electron chi connectivity index (χ4n) is 0.920. The van der Waals surface area contributed by atoms with Gasteiger partial charge in [-0.05, 0) is 18.3 Å². The molecule has 1 fully saturated rings. The minimum Gasteiger partial charge on any atom is -0.468 e. The molecule has 0 aromatic rings. The maximum Gasteiger partial charge on any atom is 0.323 e. The quantitative estimate of drug-likeness (QED) is 0.565. The van der Waals surface area contributed by atoms with Gasteiger partial charge in [0.1, 0.15) is 6.04 Å². The van der Waals surface area contributed by atoms with E-state index in [2.05, 4.69) is 4.74 Å². The number of esters is 1. The molecule has 0 radical (unpaired) electrons. The Balaban J connectivity index is 2.48. The predicted octanol–water partition coefficient (Wildman–Crippen LogP) is 0.287. The van der Waals surface area contributed by atoms with E-state index in [-0.39, 0.29) is 11.4 Å². The Hall–Kier alpha value is -0.570. The molecule has 0 aromatic carbocycles. The SMILES string of the molecule is COC(=O)[C@@H](N)C1(C)CC1. The first-order valence-electron chi connectivity index (χ1n) is 3.43. The summed E-state index contributed by atoms with van der Waals surface area (Å²) in [6, 6.07) is -0.419. The molecular formula is C7H13NO2. The van der Waals surface area contributed by atoms with Gasteiger partial charge in [0, 0.05) is 0 Å². The lowest BCUT2D eigenvalue weighted by Crippen LogP contribution is -2.38. The largest absolute Gasteiger partial charge is 0.468 e. The maximum absolute atomic E-state index is 10.9. The standard InChI is InChI=1S/C7H13NO2/c1-7(3-4-7)5(8)6(9)10-2/h5H,3-4,8H2,1-2H3/t5-/m1/s1. The van der Waals surface area contributed by atoms with Crippen LogP contribution in [0.2, 0.25) is 0 Å². The predicted molar refractivity (Wildman–Crippen MR) is 37.3 cm³/mol. The lowest BCUT2D eigenvalue weighted by atomic mass is 10.0. The summed E-state index contributed by atoms with van der Waals surface area (Å²) in [7, 11) is 1.37. The van der Waals surface area contributed by atoms with Crippen LogP contribution in [0.1, 0.15) is 19.8 Å². The van der Waals surface area contributed by atoms with E-state index in [9.17, 15) is 4.79 Å². The van der Waals surface area contributed by atoms with Crippen LogP contribution in [0.5, 0.6) is 0 Å². The van der Waals surface area contributed by atoms with Crippen LogP contribution in [0.4, 0.5) is 0 Å². The Kier molecular flexibility index (Phi) is 1.68. The van der Waals surface area contributed by atoms with Crippen molar-refractivity contribution in [2.75, 3.05) is 7.11 Å². The van der Waals surface area contributed by atoms with Crippen LogP contribution in [-0.4, -0.2) is 19.1 Å². The summed E-state index contributed by atoms with van der Waals surface area (Å²) < 4.78 is 4.51. The van der Waals surface area contributed by atoms with Crippen LogP contribution < -0.4 is 5.73 Å². The van der Waals surface area contributed by atoms with Crippen molar-refractivity contribution in [3.05, 3.63) is 0 Å². The second-order valence-corrected chi connectivity index (χ2v) is 3.15. The van der Waals surface area contributed by atoms with Crippen molar-refractivity contribution in [1.29, 1.82) is 0 Å². The van der Waals surface area contributed by atoms with Gasteiger partial charge in [-0.2, -0.15) is 0 Å². The molecule has 1 aliphatic rings. The van der Waals surface area contributed by atoms with Gasteiger partial charge in [0.05, 0.1) is 7.11 Å². The zero-order valence-electron chi connectivity index (χ0n) is 6.39. The lowest BCUT2D eigenvalue weighted by molar-refractivity contribution is -0.143. The zero-order valence-corrected chi connectivity index (χ0v) is 6.39. The number of ether oxygens (including phenoxy) is 1. The topological polar surface area (TPSA) is 52.3 Å². The molecule has 0 aliphatic heterocycles. The minimum atomic E-state index is -0.419. The van der Waals surface area contributed by atoms with E-state index in [0.717, 1.165) is 12.8 Å². The van der Waals surface area contributed by atoms with Gasteiger partial charge in [-0.25, -0.2) is 0 Å². The molecule has 0 unspecified atom stereocenters. The summed E-state index contributed by atoms with van der Waals surface area (Å²) >= 11 is 0. The van der Waals surface area contributed by atoms with Gasteiger partial charge in [0.25, 0.3) is 0 Å². The number of carbonyl (C=O) groups excluding carboxylic acids is 1. The Morgan fingerprint density at radius 1 is 1.70 bits per heavy atom. The van der Waals surface area contributed by atoms with Crippen LogP contribution in [-0.2, 0) is 9.53 Å². The van der Waals surface area contributed by atoms with E-state index < -0.39 is 6.04 Å². The molecule has 1 rings (SSSR count). The van der Waals surface area contributed by atoms with Crippen LogP contribution >= 0.6 is 0 Å². The fourth-order valence-corrected chi connectivity index (χ4v) is 0.920. The summed E-state index contributed by atoms with van der Waals surface area (Å²) in [4.78, 5) is 10.9. The van der Waals surface area contributed by atoms with Crippen molar-refractivity contribution in [3.63, 3.8) is 0 Å². The molecule has 1 atom stereocenters. The average molecular weight is 143 g/mol. The third kappa shape index (κ3) is 1.14. The highest BCUT2D eigenvalue weighted by Crippen LogP contribution is 2.47. The highest BCUT2D eigenvalue weighted by Gasteiger charge is 2.46. The van der Waals surface area contributed by atoms with Gasteiger partial charge in [0.15, 0.2) is 0 Å². The van der Waals surface area contributed by atoms with E-state index in [1.165, 1.54) is 7.11 Å². The third-order valence-corrected chi connectivity index (χ3v) is 2.24. The summed E-state index contributed by atoms with van der Waals surface area (Å²) in [5, 5.41) is 0. The smallest absolute Gasteiger partial charge is 0.323 e. The molecule has 1 saturated carbocycles. The molecule has 0 aromatic heterocycles. The van der Waals surface area contributed by atoms with E-state index in [1.54, 1.807) is 0 Å². The Labute approximate surface area is 60.5 Å². The molecule has 0 spiro atoms. The number of hydrogen-bond donors (Lipinski definition) is 1. The molecular weight excluding hydrogens is 130 g/mol. The molecule has 10 heavy (non-hydrogen) atoms. The number of carbonyl (C=O) groups is 1. The Morgan fingerprint density at radius 3 is 2.50 bits per heavy atom. The van der Waals surface area contributed by atoms with Crippen LogP contribution in [0.15, 0.2) is 0 Å². The van der Waals surface area contributed by atoms with E-state index in [1.807, 2.05) is 6.92 Å². The second-order valence-electron chi connectivity index (χ2n) is 3.15. The van der Waals surface area contributed by atoms with Gasteiger partial charge < -0.3 is 10.5 Å². The van der Waals surface area contributed by atoms with Gasteiger partial charge in [-0.3, -0.25) is 4.79 Å². The molecule has 1 aliphatic carbocycles. The molecule has 3 heteroatoms. The van der Waals surface area contributed by atoms with Crippen molar-refractivity contribution in [3.8, 4) is 0 Å². The monoisotopic (exact) mass is 143 g/mol. The van der Waals surface area contributed by atoms with Gasteiger partial charge >= 0.3 is 5.97 Å². The number of rotatable bonds is 2. The lowest BCUT2D eigenvalue weighted by Gasteiger charge is -2.14. The minimum absolute atomic E-state index is 0.0348. The van der Waals surface area contributed by atoms with Crippen LogP contribution in [0, 0.1) is 5.41 Å². The molecule has 0 amide bonds. The van der Waals surface area contributed by atoms with Crippen LogP contribution in [0.3, 0.4) is 0 Å². The highest BCUT2D eigenvalue weighted by molar-refractivity contribution is 5.76. The van der Waals surface area contributed by atoms with Crippen molar-refractivity contribution >= 4 is 5.97 Å². The van der Waals surface area contributed by atoms with Crippen LogP contribution in [0.25, 0.3) is 0 Å². The summed E-state index contributed by atoms with van der Waals surface area (Å²) in [6.07, 6.45) is 2.09. The first kappa shape index (κ1) is 7.54. The van der Waals surface area contributed by atoms with E-state index >= 15 is 0 Å². The molecule has 0 bridgehead atoms.